The van der Waals surface area contributed by atoms with E-state index in [2.05, 4.69) is 5.32 Å². The molecule has 2 saturated carbocycles. The molecule has 3 rings (SSSR count). The molecule has 4 heteroatoms. The molecule has 0 radical (unpaired) electrons. The molecule has 0 spiro atoms. The monoisotopic (exact) mass is 307 g/mol. The summed E-state index contributed by atoms with van der Waals surface area (Å²) in [5, 5.41) is 3.05. The molecule has 1 aromatic rings. The van der Waals surface area contributed by atoms with Crippen molar-refractivity contribution in [3.05, 3.63) is 23.8 Å². The number of hydrogen-bond acceptors (Lipinski definition) is 2. The van der Waals surface area contributed by atoms with Crippen molar-refractivity contribution in [2.24, 2.45) is 17.8 Å². The van der Waals surface area contributed by atoms with Gasteiger partial charge in [0.1, 0.15) is 5.75 Å². The predicted octanol–water partition coefficient (Wildman–Crippen LogP) is 4.20. The summed E-state index contributed by atoms with van der Waals surface area (Å²) in [5.74, 6) is 2.86. The summed E-state index contributed by atoms with van der Waals surface area (Å²) in [5.41, 5.74) is 1.74. The summed E-state index contributed by atoms with van der Waals surface area (Å²) in [6, 6.07) is 5.70. The number of carbonyl (C=O) groups is 1. The van der Waals surface area contributed by atoms with E-state index in [1.54, 1.807) is 0 Å². The van der Waals surface area contributed by atoms with Gasteiger partial charge in [-0.05, 0) is 49.8 Å². The van der Waals surface area contributed by atoms with Gasteiger partial charge in [-0.1, -0.05) is 12.8 Å². The second-order valence-electron chi connectivity index (χ2n) is 6.02. The van der Waals surface area contributed by atoms with Gasteiger partial charge in [0.15, 0.2) is 0 Å². The zero-order valence-electron chi connectivity index (χ0n) is 12.4. The van der Waals surface area contributed by atoms with Gasteiger partial charge in [0.05, 0.1) is 12.5 Å². The Kier molecular flexibility index (Phi) is 4.39. The Morgan fingerprint density at radius 3 is 2.67 bits per heavy atom. The number of benzene rings is 1. The molecule has 0 saturated heterocycles. The van der Waals surface area contributed by atoms with Crippen LogP contribution in [-0.4, -0.2) is 12.5 Å². The molecule has 0 aromatic heterocycles. The SMILES string of the molecule is CCOc1ccc(NC(=O)C2C3CCCCC32)cc1CCl. The Hall–Kier alpha value is -1.22. The Balaban J connectivity index is 1.66. The Bertz CT molecular complexity index is 520. The van der Waals surface area contributed by atoms with Crippen LogP contribution in [0, 0.1) is 17.8 Å². The van der Waals surface area contributed by atoms with E-state index in [1.165, 1.54) is 25.7 Å². The highest BCUT2D eigenvalue weighted by Gasteiger charge is 2.54. The molecule has 0 aliphatic heterocycles. The van der Waals surface area contributed by atoms with Crippen LogP contribution in [0.25, 0.3) is 0 Å². The molecule has 2 atom stereocenters. The van der Waals surface area contributed by atoms with Gasteiger partial charge < -0.3 is 10.1 Å². The first-order valence-corrected chi connectivity index (χ1v) is 8.40. The van der Waals surface area contributed by atoms with E-state index >= 15 is 0 Å². The maximum atomic E-state index is 12.4. The maximum absolute atomic E-state index is 12.4. The minimum Gasteiger partial charge on any atom is -0.494 e. The number of hydrogen-bond donors (Lipinski definition) is 1. The van der Waals surface area contributed by atoms with Crippen molar-refractivity contribution in [2.45, 2.75) is 38.5 Å². The van der Waals surface area contributed by atoms with Gasteiger partial charge in [0.2, 0.25) is 5.91 Å². The average molecular weight is 308 g/mol. The molecular weight excluding hydrogens is 286 g/mol. The summed E-state index contributed by atoms with van der Waals surface area (Å²) in [4.78, 5) is 12.4. The third-order valence-electron chi connectivity index (χ3n) is 4.73. The number of rotatable bonds is 5. The van der Waals surface area contributed by atoms with E-state index in [4.69, 9.17) is 16.3 Å². The highest BCUT2D eigenvalue weighted by molar-refractivity contribution is 6.17. The van der Waals surface area contributed by atoms with Crippen LogP contribution in [-0.2, 0) is 10.7 Å². The highest BCUT2D eigenvalue weighted by atomic mass is 35.5. The molecule has 0 heterocycles. The second kappa shape index (κ2) is 6.27. The van der Waals surface area contributed by atoms with Crippen LogP contribution in [0.3, 0.4) is 0 Å². The number of alkyl halides is 1. The van der Waals surface area contributed by atoms with Crippen molar-refractivity contribution >= 4 is 23.2 Å². The number of anilines is 1. The van der Waals surface area contributed by atoms with Crippen molar-refractivity contribution in [3.63, 3.8) is 0 Å². The maximum Gasteiger partial charge on any atom is 0.228 e. The molecule has 114 valence electrons. The third-order valence-corrected chi connectivity index (χ3v) is 5.02. The van der Waals surface area contributed by atoms with Gasteiger partial charge in [0.25, 0.3) is 0 Å². The van der Waals surface area contributed by atoms with Crippen molar-refractivity contribution in [1.82, 2.24) is 0 Å². The van der Waals surface area contributed by atoms with Crippen molar-refractivity contribution < 1.29 is 9.53 Å². The van der Waals surface area contributed by atoms with Gasteiger partial charge >= 0.3 is 0 Å². The van der Waals surface area contributed by atoms with Crippen LogP contribution in [0.1, 0.15) is 38.2 Å². The summed E-state index contributed by atoms with van der Waals surface area (Å²) >= 11 is 5.96. The first kappa shape index (κ1) is 14.7. The number of halogens is 1. The average Bonchev–Trinajstić information content (AvgIpc) is 3.23. The standard InChI is InChI=1S/C17H22ClNO2/c1-2-21-15-8-7-12(9-11(15)10-18)19-17(20)16-13-5-3-4-6-14(13)16/h7-9,13-14,16H,2-6,10H2,1H3,(H,19,20). The Morgan fingerprint density at radius 2 is 2.05 bits per heavy atom. The van der Waals surface area contributed by atoms with Crippen LogP contribution in [0.5, 0.6) is 5.75 Å². The van der Waals surface area contributed by atoms with E-state index in [0.717, 1.165) is 17.0 Å². The first-order chi connectivity index (χ1) is 10.2. The number of ether oxygens (including phenoxy) is 1. The van der Waals surface area contributed by atoms with E-state index in [-0.39, 0.29) is 11.8 Å². The quantitative estimate of drug-likeness (QED) is 0.828. The molecule has 2 aliphatic rings. The van der Waals surface area contributed by atoms with E-state index in [0.29, 0.717) is 24.3 Å². The number of fused-ring (bicyclic) bond motifs is 1. The van der Waals surface area contributed by atoms with E-state index in [1.807, 2.05) is 25.1 Å². The number of nitrogens with one attached hydrogen (secondary N) is 1. The number of amides is 1. The molecular formula is C17H22ClNO2. The molecule has 2 fully saturated rings. The minimum atomic E-state index is 0.177. The molecule has 0 bridgehead atoms. The normalized spacial score (nSPS) is 26.9. The van der Waals surface area contributed by atoms with Gasteiger partial charge in [-0.15, -0.1) is 11.6 Å². The molecule has 3 nitrogen and oxygen atoms in total. The van der Waals surface area contributed by atoms with Crippen molar-refractivity contribution in [1.29, 1.82) is 0 Å². The topological polar surface area (TPSA) is 38.3 Å². The third kappa shape index (κ3) is 3.03. The molecule has 2 aliphatic carbocycles. The molecule has 1 aromatic carbocycles. The minimum absolute atomic E-state index is 0.177. The van der Waals surface area contributed by atoms with Crippen LogP contribution >= 0.6 is 11.6 Å². The van der Waals surface area contributed by atoms with E-state index in [9.17, 15) is 4.79 Å². The van der Waals surface area contributed by atoms with Crippen LogP contribution < -0.4 is 10.1 Å². The fourth-order valence-electron chi connectivity index (χ4n) is 3.66. The Labute approximate surface area is 131 Å². The number of carbonyl (C=O) groups excluding carboxylic acids is 1. The summed E-state index contributed by atoms with van der Waals surface area (Å²) < 4.78 is 5.53. The van der Waals surface area contributed by atoms with Gasteiger partial charge in [0, 0.05) is 17.2 Å². The lowest BCUT2D eigenvalue weighted by molar-refractivity contribution is -0.117. The zero-order valence-corrected chi connectivity index (χ0v) is 13.2. The smallest absolute Gasteiger partial charge is 0.228 e. The lowest BCUT2D eigenvalue weighted by atomic mass is 10.0. The fourth-order valence-corrected chi connectivity index (χ4v) is 3.87. The first-order valence-electron chi connectivity index (χ1n) is 7.87. The molecule has 2 unspecified atom stereocenters. The van der Waals surface area contributed by atoms with Gasteiger partial charge in [-0.3, -0.25) is 4.79 Å². The molecule has 1 N–H and O–H groups in total. The summed E-state index contributed by atoms with van der Waals surface area (Å²) in [7, 11) is 0. The fraction of sp³-hybridized carbons (Fsp3) is 0.588. The van der Waals surface area contributed by atoms with Crippen molar-refractivity contribution in [3.8, 4) is 5.75 Å². The largest absolute Gasteiger partial charge is 0.494 e. The summed E-state index contributed by atoms with van der Waals surface area (Å²) in [6.07, 6.45) is 5.01. The van der Waals surface area contributed by atoms with Crippen molar-refractivity contribution in [2.75, 3.05) is 11.9 Å². The molecule has 21 heavy (non-hydrogen) atoms. The van der Waals surface area contributed by atoms with Crippen LogP contribution in [0.15, 0.2) is 18.2 Å². The lowest BCUT2D eigenvalue weighted by Gasteiger charge is -2.11. The lowest BCUT2D eigenvalue weighted by Crippen LogP contribution is -2.15. The van der Waals surface area contributed by atoms with Crippen LogP contribution in [0.4, 0.5) is 5.69 Å². The Morgan fingerprint density at radius 1 is 1.33 bits per heavy atom. The van der Waals surface area contributed by atoms with E-state index < -0.39 is 0 Å². The van der Waals surface area contributed by atoms with Gasteiger partial charge in [-0.25, -0.2) is 0 Å². The predicted molar refractivity (Wildman–Crippen MR) is 84.7 cm³/mol. The highest BCUT2D eigenvalue weighted by Crippen LogP contribution is 2.55. The van der Waals surface area contributed by atoms with Gasteiger partial charge in [-0.2, -0.15) is 0 Å². The second-order valence-corrected chi connectivity index (χ2v) is 6.28. The molecule has 1 amide bonds. The zero-order chi connectivity index (χ0) is 14.8. The summed E-state index contributed by atoms with van der Waals surface area (Å²) in [6.45, 7) is 2.56. The van der Waals surface area contributed by atoms with Crippen LogP contribution in [0.2, 0.25) is 0 Å².